The van der Waals surface area contributed by atoms with Crippen LogP contribution in [0.1, 0.15) is 21.0 Å². The molecule has 0 atom stereocenters. The SMILES string of the molecule is O=C1c2nccnc2C(=O)N1c1ccc(OC(F)(F)F)cc1. The largest absolute Gasteiger partial charge is 0.573 e. The Bertz CT molecular complexity index is 724. The van der Waals surface area contributed by atoms with Crippen molar-refractivity contribution in [2.24, 2.45) is 0 Å². The van der Waals surface area contributed by atoms with E-state index in [1.54, 1.807) is 0 Å². The summed E-state index contributed by atoms with van der Waals surface area (Å²) in [6.45, 7) is 0. The number of hydrogen-bond acceptors (Lipinski definition) is 5. The molecule has 6 nitrogen and oxygen atoms in total. The quantitative estimate of drug-likeness (QED) is 0.795. The van der Waals surface area contributed by atoms with Crippen LogP contribution in [0.3, 0.4) is 0 Å². The minimum Gasteiger partial charge on any atom is -0.406 e. The Kier molecular flexibility index (Phi) is 3.05. The van der Waals surface area contributed by atoms with E-state index in [0.29, 0.717) is 0 Å². The molecule has 1 aromatic heterocycles. The van der Waals surface area contributed by atoms with Gasteiger partial charge in [-0.15, -0.1) is 13.2 Å². The minimum absolute atomic E-state index is 0.0943. The van der Waals surface area contributed by atoms with Crippen LogP contribution in [0.5, 0.6) is 5.75 Å². The Labute approximate surface area is 121 Å². The molecule has 0 bridgehead atoms. The van der Waals surface area contributed by atoms with E-state index in [-0.39, 0.29) is 17.1 Å². The van der Waals surface area contributed by atoms with Crippen LogP contribution in [-0.2, 0) is 0 Å². The molecule has 0 saturated heterocycles. The number of hydrogen-bond donors (Lipinski definition) is 0. The lowest BCUT2D eigenvalue weighted by atomic mass is 10.3. The van der Waals surface area contributed by atoms with Gasteiger partial charge in [-0.2, -0.15) is 0 Å². The zero-order chi connectivity index (χ0) is 15.9. The number of alkyl halides is 3. The Balaban J connectivity index is 1.90. The number of halogens is 3. The Morgan fingerprint density at radius 1 is 0.909 bits per heavy atom. The number of nitrogens with zero attached hydrogens (tertiary/aromatic N) is 3. The van der Waals surface area contributed by atoms with Gasteiger partial charge in [-0.3, -0.25) is 9.59 Å². The summed E-state index contributed by atoms with van der Waals surface area (Å²) in [5.74, 6) is -1.82. The van der Waals surface area contributed by atoms with Crippen molar-refractivity contribution in [2.45, 2.75) is 6.36 Å². The fourth-order valence-electron chi connectivity index (χ4n) is 1.99. The Morgan fingerprint density at radius 2 is 1.41 bits per heavy atom. The molecule has 0 unspecified atom stereocenters. The highest BCUT2D eigenvalue weighted by Crippen LogP contribution is 2.29. The average molecular weight is 309 g/mol. The van der Waals surface area contributed by atoms with Gasteiger partial charge in [-0.25, -0.2) is 14.9 Å². The molecule has 1 aliphatic heterocycles. The lowest BCUT2D eigenvalue weighted by Crippen LogP contribution is -2.29. The zero-order valence-corrected chi connectivity index (χ0v) is 10.7. The summed E-state index contributed by atoms with van der Waals surface area (Å²) in [7, 11) is 0. The molecule has 2 heterocycles. The third-order valence-electron chi connectivity index (χ3n) is 2.84. The standard InChI is InChI=1S/C13H6F3N3O3/c14-13(15,16)22-8-3-1-7(2-4-8)19-11(20)9-10(12(19)21)18-6-5-17-9/h1-6H. The first kappa shape index (κ1) is 14.0. The second kappa shape index (κ2) is 4.79. The molecule has 22 heavy (non-hydrogen) atoms. The summed E-state index contributed by atoms with van der Waals surface area (Å²) in [5.41, 5.74) is -0.0874. The lowest BCUT2D eigenvalue weighted by molar-refractivity contribution is -0.274. The number of carbonyl (C=O) groups is 2. The topological polar surface area (TPSA) is 72.4 Å². The van der Waals surface area contributed by atoms with Gasteiger partial charge in [0.05, 0.1) is 5.69 Å². The number of anilines is 1. The smallest absolute Gasteiger partial charge is 0.406 e. The van der Waals surface area contributed by atoms with Gasteiger partial charge < -0.3 is 4.74 Å². The minimum atomic E-state index is -4.81. The van der Waals surface area contributed by atoms with Crippen LogP contribution in [0.25, 0.3) is 0 Å². The summed E-state index contributed by atoms with van der Waals surface area (Å²) in [5, 5.41) is 0. The van der Waals surface area contributed by atoms with Gasteiger partial charge in [-0.1, -0.05) is 0 Å². The summed E-state index contributed by atoms with van der Waals surface area (Å²) in [4.78, 5) is 32.6. The molecular formula is C13H6F3N3O3. The van der Waals surface area contributed by atoms with Crippen molar-refractivity contribution in [3.63, 3.8) is 0 Å². The van der Waals surface area contributed by atoms with Crippen LogP contribution >= 0.6 is 0 Å². The van der Waals surface area contributed by atoms with Crippen molar-refractivity contribution >= 4 is 17.5 Å². The number of carbonyl (C=O) groups excluding carboxylic acids is 2. The average Bonchev–Trinajstić information content (AvgIpc) is 2.71. The first-order valence-electron chi connectivity index (χ1n) is 5.92. The summed E-state index contributed by atoms with van der Waals surface area (Å²) in [6.07, 6.45) is -2.27. The molecule has 3 rings (SSSR count). The third kappa shape index (κ3) is 2.36. The van der Waals surface area contributed by atoms with E-state index < -0.39 is 23.9 Å². The third-order valence-corrected chi connectivity index (χ3v) is 2.84. The van der Waals surface area contributed by atoms with Crippen LogP contribution < -0.4 is 9.64 Å². The molecule has 2 aromatic rings. The maximum atomic E-state index is 12.1. The fourth-order valence-corrected chi connectivity index (χ4v) is 1.99. The highest BCUT2D eigenvalue weighted by molar-refractivity contribution is 6.33. The molecular weight excluding hydrogens is 303 g/mol. The van der Waals surface area contributed by atoms with Crippen LogP contribution in [-0.4, -0.2) is 28.1 Å². The van der Waals surface area contributed by atoms with Gasteiger partial charge in [0.25, 0.3) is 11.8 Å². The van der Waals surface area contributed by atoms with E-state index in [9.17, 15) is 22.8 Å². The number of ether oxygens (including phenoxy) is 1. The van der Waals surface area contributed by atoms with Gasteiger partial charge in [-0.05, 0) is 24.3 Å². The summed E-state index contributed by atoms with van der Waals surface area (Å²) < 4.78 is 40.0. The molecule has 9 heteroatoms. The summed E-state index contributed by atoms with van der Waals surface area (Å²) >= 11 is 0. The molecule has 2 amide bonds. The van der Waals surface area contributed by atoms with Crippen LogP contribution in [0.2, 0.25) is 0 Å². The van der Waals surface area contributed by atoms with Gasteiger partial charge >= 0.3 is 6.36 Å². The molecule has 0 saturated carbocycles. The number of aromatic nitrogens is 2. The van der Waals surface area contributed by atoms with Crippen LogP contribution in [0.4, 0.5) is 18.9 Å². The molecule has 1 aromatic carbocycles. The normalized spacial score (nSPS) is 14.2. The molecule has 1 aliphatic rings. The maximum absolute atomic E-state index is 12.1. The van der Waals surface area contributed by atoms with E-state index in [4.69, 9.17) is 0 Å². The first-order chi connectivity index (χ1) is 10.4. The van der Waals surface area contributed by atoms with Crippen LogP contribution in [0.15, 0.2) is 36.7 Å². The lowest BCUT2D eigenvalue weighted by Gasteiger charge is -2.14. The predicted octanol–water partition coefficient (Wildman–Crippen LogP) is 2.18. The first-order valence-corrected chi connectivity index (χ1v) is 5.92. The van der Waals surface area contributed by atoms with Crippen molar-refractivity contribution in [1.29, 1.82) is 0 Å². The molecule has 0 fully saturated rings. The highest BCUT2D eigenvalue weighted by Gasteiger charge is 2.39. The molecule has 0 aliphatic carbocycles. The van der Waals surface area contributed by atoms with Crippen molar-refractivity contribution in [2.75, 3.05) is 4.90 Å². The number of fused-ring (bicyclic) bond motifs is 1. The Morgan fingerprint density at radius 3 is 1.86 bits per heavy atom. The second-order valence-electron chi connectivity index (χ2n) is 4.24. The monoisotopic (exact) mass is 309 g/mol. The fraction of sp³-hybridized carbons (Fsp3) is 0.0769. The maximum Gasteiger partial charge on any atom is 0.573 e. The molecule has 0 N–H and O–H groups in total. The number of benzene rings is 1. The number of rotatable bonds is 2. The zero-order valence-electron chi connectivity index (χ0n) is 10.7. The predicted molar refractivity (Wildman–Crippen MR) is 66.3 cm³/mol. The molecule has 0 spiro atoms. The molecule has 0 radical (unpaired) electrons. The van der Waals surface area contributed by atoms with Gasteiger partial charge in [0.2, 0.25) is 0 Å². The van der Waals surface area contributed by atoms with E-state index in [0.717, 1.165) is 17.0 Å². The second-order valence-corrected chi connectivity index (χ2v) is 4.24. The van der Waals surface area contributed by atoms with Gasteiger partial charge in [0, 0.05) is 12.4 Å². The van der Waals surface area contributed by atoms with E-state index >= 15 is 0 Å². The van der Waals surface area contributed by atoms with E-state index in [1.165, 1.54) is 24.5 Å². The van der Waals surface area contributed by atoms with Gasteiger partial charge in [0.1, 0.15) is 5.75 Å². The number of amides is 2. The number of imide groups is 1. The van der Waals surface area contributed by atoms with E-state index in [1.807, 2.05) is 0 Å². The summed E-state index contributed by atoms with van der Waals surface area (Å²) in [6, 6.07) is 4.35. The van der Waals surface area contributed by atoms with Crippen molar-refractivity contribution in [3.05, 3.63) is 48.0 Å². The van der Waals surface area contributed by atoms with Crippen LogP contribution in [0, 0.1) is 0 Å². The van der Waals surface area contributed by atoms with Crippen molar-refractivity contribution < 1.29 is 27.5 Å². The van der Waals surface area contributed by atoms with E-state index in [2.05, 4.69) is 14.7 Å². The highest BCUT2D eigenvalue weighted by atomic mass is 19.4. The molecule has 112 valence electrons. The van der Waals surface area contributed by atoms with Crippen molar-refractivity contribution in [3.8, 4) is 5.75 Å². The van der Waals surface area contributed by atoms with Gasteiger partial charge in [0.15, 0.2) is 11.4 Å². The Hall–Kier alpha value is -2.97. The van der Waals surface area contributed by atoms with Crippen molar-refractivity contribution in [1.82, 2.24) is 9.97 Å².